The standard InChI is InChI=1S/C11H11FN2O3/c12-7-5-6(1-3-9(7)15)13-11(17)8-2-4-10(16)14-8/h1,3,5,8,15H,2,4H2,(H,13,17)(H,14,16)/t8-/m0/s1. The van der Waals surface area contributed by atoms with Gasteiger partial charge in [0.2, 0.25) is 11.8 Å². The molecule has 0 saturated carbocycles. The van der Waals surface area contributed by atoms with Crippen LogP contribution in [-0.4, -0.2) is 23.0 Å². The van der Waals surface area contributed by atoms with Crippen LogP contribution in [0.1, 0.15) is 12.8 Å². The Morgan fingerprint density at radius 1 is 1.53 bits per heavy atom. The average Bonchev–Trinajstić information content (AvgIpc) is 2.70. The average molecular weight is 238 g/mol. The second kappa shape index (κ2) is 4.40. The van der Waals surface area contributed by atoms with E-state index in [-0.39, 0.29) is 17.5 Å². The summed E-state index contributed by atoms with van der Waals surface area (Å²) in [7, 11) is 0. The molecule has 0 aromatic heterocycles. The second-order valence-electron chi connectivity index (χ2n) is 3.81. The molecule has 1 aromatic rings. The highest BCUT2D eigenvalue weighted by molar-refractivity contribution is 5.98. The normalized spacial score (nSPS) is 18.9. The molecule has 0 radical (unpaired) electrons. The molecule has 0 unspecified atom stereocenters. The van der Waals surface area contributed by atoms with Crippen LogP contribution >= 0.6 is 0 Å². The molecule has 1 aliphatic rings. The summed E-state index contributed by atoms with van der Waals surface area (Å²) in [4.78, 5) is 22.6. The number of aromatic hydroxyl groups is 1. The predicted molar refractivity (Wildman–Crippen MR) is 57.9 cm³/mol. The molecule has 6 heteroatoms. The summed E-state index contributed by atoms with van der Waals surface area (Å²) in [6.45, 7) is 0. The number of benzene rings is 1. The number of phenolic OH excluding ortho intramolecular Hbond substituents is 1. The molecule has 1 aliphatic heterocycles. The lowest BCUT2D eigenvalue weighted by Crippen LogP contribution is -2.37. The quantitative estimate of drug-likeness (QED) is 0.665. The van der Waals surface area contributed by atoms with Crippen LogP contribution in [0.2, 0.25) is 0 Å². The smallest absolute Gasteiger partial charge is 0.246 e. The molecule has 90 valence electrons. The van der Waals surface area contributed by atoms with Crippen molar-refractivity contribution >= 4 is 17.5 Å². The van der Waals surface area contributed by atoms with Crippen molar-refractivity contribution in [2.24, 2.45) is 0 Å². The molecule has 1 saturated heterocycles. The fraction of sp³-hybridized carbons (Fsp3) is 0.273. The number of anilines is 1. The van der Waals surface area contributed by atoms with E-state index in [0.717, 1.165) is 12.1 Å². The van der Waals surface area contributed by atoms with E-state index in [9.17, 15) is 14.0 Å². The zero-order valence-electron chi connectivity index (χ0n) is 8.87. The predicted octanol–water partition coefficient (Wildman–Crippen LogP) is 0.748. The molecule has 1 aromatic carbocycles. The van der Waals surface area contributed by atoms with Gasteiger partial charge in [0.1, 0.15) is 6.04 Å². The first kappa shape index (κ1) is 11.4. The Morgan fingerprint density at radius 3 is 2.88 bits per heavy atom. The Morgan fingerprint density at radius 2 is 2.29 bits per heavy atom. The van der Waals surface area contributed by atoms with Crippen molar-refractivity contribution in [3.63, 3.8) is 0 Å². The Balaban J connectivity index is 2.03. The van der Waals surface area contributed by atoms with E-state index in [1.165, 1.54) is 6.07 Å². The molecule has 0 aliphatic carbocycles. The minimum atomic E-state index is -0.807. The lowest BCUT2D eigenvalue weighted by atomic mass is 10.2. The fourth-order valence-corrected chi connectivity index (χ4v) is 1.62. The van der Waals surface area contributed by atoms with Crippen molar-refractivity contribution < 1.29 is 19.1 Å². The first-order chi connectivity index (χ1) is 8.06. The van der Waals surface area contributed by atoms with Gasteiger partial charge in [-0.2, -0.15) is 0 Å². The zero-order valence-corrected chi connectivity index (χ0v) is 8.87. The van der Waals surface area contributed by atoms with Crippen LogP contribution < -0.4 is 10.6 Å². The highest BCUT2D eigenvalue weighted by atomic mass is 19.1. The number of nitrogens with one attached hydrogen (secondary N) is 2. The maximum atomic E-state index is 13.0. The number of carbonyl (C=O) groups excluding carboxylic acids is 2. The van der Waals surface area contributed by atoms with Gasteiger partial charge in [-0.3, -0.25) is 9.59 Å². The largest absolute Gasteiger partial charge is 0.505 e. The van der Waals surface area contributed by atoms with E-state index in [0.29, 0.717) is 12.8 Å². The third-order valence-electron chi connectivity index (χ3n) is 2.53. The van der Waals surface area contributed by atoms with Gasteiger partial charge in [-0.05, 0) is 18.6 Å². The van der Waals surface area contributed by atoms with Crippen molar-refractivity contribution in [3.05, 3.63) is 24.0 Å². The number of hydrogen-bond donors (Lipinski definition) is 3. The van der Waals surface area contributed by atoms with Crippen LogP contribution in [-0.2, 0) is 9.59 Å². The number of hydrogen-bond acceptors (Lipinski definition) is 3. The Hall–Kier alpha value is -2.11. The second-order valence-corrected chi connectivity index (χ2v) is 3.81. The van der Waals surface area contributed by atoms with Gasteiger partial charge in [0.15, 0.2) is 11.6 Å². The molecule has 2 rings (SSSR count). The third kappa shape index (κ3) is 2.52. The minimum Gasteiger partial charge on any atom is -0.505 e. The van der Waals surface area contributed by atoms with Gasteiger partial charge < -0.3 is 15.7 Å². The van der Waals surface area contributed by atoms with E-state index >= 15 is 0 Å². The topological polar surface area (TPSA) is 78.4 Å². The molecule has 3 N–H and O–H groups in total. The van der Waals surface area contributed by atoms with Crippen LogP contribution in [0.3, 0.4) is 0 Å². The van der Waals surface area contributed by atoms with Gasteiger partial charge in [0, 0.05) is 18.2 Å². The summed E-state index contributed by atoms with van der Waals surface area (Å²) in [5.41, 5.74) is 0.242. The maximum absolute atomic E-state index is 13.0. The lowest BCUT2D eigenvalue weighted by molar-refractivity contribution is -0.122. The van der Waals surface area contributed by atoms with Gasteiger partial charge in [-0.1, -0.05) is 0 Å². The number of amides is 2. The number of rotatable bonds is 2. The Kier molecular flexibility index (Phi) is 2.95. The highest BCUT2D eigenvalue weighted by Gasteiger charge is 2.27. The SMILES string of the molecule is O=C1CC[C@@H](C(=O)Nc2ccc(O)c(F)c2)N1. The zero-order chi connectivity index (χ0) is 12.4. The van der Waals surface area contributed by atoms with Crippen molar-refractivity contribution in [2.45, 2.75) is 18.9 Å². The summed E-state index contributed by atoms with van der Waals surface area (Å²) < 4.78 is 13.0. The van der Waals surface area contributed by atoms with Gasteiger partial charge in [-0.15, -0.1) is 0 Å². The monoisotopic (exact) mass is 238 g/mol. The summed E-state index contributed by atoms with van der Waals surface area (Å²) in [5, 5.41) is 14.0. The molecule has 1 atom stereocenters. The minimum absolute atomic E-state index is 0.165. The van der Waals surface area contributed by atoms with E-state index in [1.807, 2.05) is 0 Å². The van der Waals surface area contributed by atoms with Gasteiger partial charge >= 0.3 is 0 Å². The van der Waals surface area contributed by atoms with E-state index < -0.39 is 17.6 Å². The lowest BCUT2D eigenvalue weighted by Gasteiger charge is -2.11. The molecule has 0 bridgehead atoms. The van der Waals surface area contributed by atoms with Crippen LogP contribution in [0, 0.1) is 5.82 Å². The number of phenols is 1. The van der Waals surface area contributed by atoms with Crippen LogP contribution in [0.4, 0.5) is 10.1 Å². The Labute approximate surface area is 96.6 Å². The van der Waals surface area contributed by atoms with Crippen LogP contribution in [0.15, 0.2) is 18.2 Å². The molecule has 2 amide bonds. The van der Waals surface area contributed by atoms with Gasteiger partial charge in [0.05, 0.1) is 0 Å². The summed E-state index contributed by atoms with van der Waals surface area (Å²) in [6.07, 6.45) is 0.757. The van der Waals surface area contributed by atoms with Gasteiger partial charge in [0.25, 0.3) is 0 Å². The molecular weight excluding hydrogens is 227 g/mol. The fourth-order valence-electron chi connectivity index (χ4n) is 1.62. The third-order valence-corrected chi connectivity index (χ3v) is 2.53. The maximum Gasteiger partial charge on any atom is 0.246 e. The summed E-state index contributed by atoms with van der Waals surface area (Å²) in [6, 6.07) is 2.98. The molecule has 1 heterocycles. The molecular formula is C11H11FN2O3. The Bertz CT molecular complexity index is 476. The van der Waals surface area contributed by atoms with Crippen LogP contribution in [0.25, 0.3) is 0 Å². The van der Waals surface area contributed by atoms with Gasteiger partial charge in [-0.25, -0.2) is 4.39 Å². The first-order valence-corrected chi connectivity index (χ1v) is 5.15. The molecule has 0 spiro atoms. The molecule has 17 heavy (non-hydrogen) atoms. The van der Waals surface area contributed by atoms with E-state index in [1.54, 1.807) is 0 Å². The highest BCUT2D eigenvalue weighted by Crippen LogP contribution is 2.20. The summed E-state index contributed by atoms with van der Waals surface area (Å²) in [5.74, 6) is -1.83. The van der Waals surface area contributed by atoms with Crippen molar-refractivity contribution in [3.8, 4) is 5.75 Å². The first-order valence-electron chi connectivity index (χ1n) is 5.15. The number of halogens is 1. The van der Waals surface area contributed by atoms with Crippen molar-refractivity contribution in [1.29, 1.82) is 0 Å². The number of carbonyl (C=O) groups is 2. The summed E-state index contributed by atoms with van der Waals surface area (Å²) >= 11 is 0. The van der Waals surface area contributed by atoms with Crippen molar-refractivity contribution in [1.82, 2.24) is 5.32 Å². The van der Waals surface area contributed by atoms with Crippen LogP contribution in [0.5, 0.6) is 5.75 Å². The van der Waals surface area contributed by atoms with E-state index in [4.69, 9.17) is 5.11 Å². The molecule has 1 fully saturated rings. The van der Waals surface area contributed by atoms with Crippen molar-refractivity contribution in [2.75, 3.05) is 5.32 Å². The van der Waals surface area contributed by atoms with E-state index in [2.05, 4.69) is 10.6 Å². The molecule has 5 nitrogen and oxygen atoms in total.